The second kappa shape index (κ2) is 8.35. The Hall–Kier alpha value is -2.34. The summed E-state index contributed by atoms with van der Waals surface area (Å²) in [5.41, 5.74) is 3.04. The van der Waals surface area contributed by atoms with Crippen molar-refractivity contribution in [3.63, 3.8) is 0 Å². The second-order valence-corrected chi connectivity index (χ2v) is 10.6. The van der Waals surface area contributed by atoms with Crippen molar-refractivity contribution in [1.29, 1.82) is 0 Å². The molecule has 0 radical (unpaired) electrons. The van der Waals surface area contributed by atoms with Crippen LogP contribution in [0.25, 0.3) is 0 Å². The number of ether oxygens (including phenoxy) is 1. The smallest absolute Gasteiger partial charge is 0.358 e. The minimum absolute atomic E-state index is 0.121. The number of phenols is 1. The highest BCUT2D eigenvalue weighted by molar-refractivity contribution is 5.91. The molecule has 0 heterocycles. The number of esters is 1. The minimum atomic E-state index is -0.431. The molecule has 0 fully saturated rings. The molecule has 1 N–H and O–H groups in total. The molecule has 3 aromatic rings. The molecule has 0 aliphatic rings. The van der Waals surface area contributed by atoms with Gasteiger partial charge < -0.3 is 9.84 Å². The molecule has 0 unspecified atom stereocenters. The number of rotatable bonds is 4. The highest BCUT2D eigenvalue weighted by Gasteiger charge is 2.21. The van der Waals surface area contributed by atoms with Gasteiger partial charge in [-0.1, -0.05) is 32.9 Å². The Morgan fingerprint density at radius 3 is 2.14 bits per heavy atom. The Kier molecular flexibility index (Phi) is 6.08. The molecule has 0 bridgehead atoms. The first kappa shape index (κ1) is 20.4. The average Bonchev–Trinajstić information content (AvgIpc) is 2.64. The molecule has 0 atom stereocenters. The summed E-state index contributed by atoms with van der Waals surface area (Å²) in [5.74, 6) is 0.224. The maximum atomic E-state index is 12.2. The standard InChI is InChI=1S/C24H23IO3/c1-16-15-21(28-23(27)17-5-11-20(26)12-6-17)13-14-22(16)25-19-9-7-18(8-10-19)24(2,3)4/h5-15H,1-4H3/p+1. The third-order valence-corrected chi connectivity index (χ3v) is 7.50. The lowest BCUT2D eigenvalue weighted by molar-refractivity contribution is -0.598. The van der Waals surface area contributed by atoms with Crippen molar-refractivity contribution in [3.05, 3.63) is 90.6 Å². The highest BCUT2D eigenvalue weighted by Crippen LogP contribution is 2.21. The van der Waals surface area contributed by atoms with E-state index >= 15 is 0 Å². The van der Waals surface area contributed by atoms with Gasteiger partial charge >= 0.3 is 27.2 Å². The molecule has 144 valence electrons. The molecule has 0 saturated heterocycles. The summed E-state index contributed by atoms with van der Waals surface area (Å²) in [6.45, 7) is 8.72. The lowest BCUT2D eigenvalue weighted by atomic mass is 9.87. The van der Waals surface area contributed by atoms with Gasteiger partial charge in [-0.25, -0.2) is 4.79 Å². The number of benzene rings is 3. The first-order valence-corrected chi connectivity index (χ1v) is 11.3. The van der Waals surface area contributed by atoms with Crippen LogP contribution in [0.1, 0.15) is 42.3 Å². The second-order valence-electron chi connectivity index (χ2n) is 7.70. The molecule has 3 aromatic carbocycles. The van der Waals surface area contributed by atoms with Crippen LogP contribution in [0.2, 0.25) is 0 Å². The zero-order valence-electron chi connectivity index (χ0n) is 16.5. The quantitative estimate of drug-likeness (QED) is 0.349. The molecule has 3 rings (SSSR count). The van der Waals surface area contributed by atoms with E-state index < -0.39 is 5.97 Å². The Bertz CT molecular complexity index is 968. The van der Waals surface area contributed by atoms with Crippen molar-refractivity contribution in [3.8, 4) is 11.5 Å². The summed E-state index contributed by atoms with van der Waals surface area (Å²) in [5, 5.41) is 9.32. The largest absolute Gasteiger partial charge is 0.508 e. The summed E-state index contributed by atoms with van der Waals surface area (Å²) in [4.78, 5) is 12.2. The van der Waals surface area contributed by atoms with E-state index in [1.807, 2.05) is 12.1 Å². The predicted molar refractivity (Wildman–Crippen MR) is 107 cm³/mol. The molecule has 28 heavy (non-hydrogen) atoms. The fourth-order valence-electron chi connectivity index (χ4n) is 2.68. The Labute approximate surface area is 176 Å². The van der Waals surface area contributed by atoms with Crippen molar-refractivity contribution in [2.75, 3.05) is 0 Å². The van der Waals surface area contributed by atoms with E-state index in [0.717, 1.165) is 5.56 Å². The number of hydrogen-bond acceptors (Lipinski definition) is 3. The first-order valence-electron chi connectivity index (χ1n) is 9.09. The number of aryl methyl sites for hydroxylation is 1. The third-order valence-electron chi connectivity index (χ3n) is 4.36. The van der Waals surface area contributed by atoms with Crippen LogP contribution in [-0.2, 0) is 5.41 Å². The SMILES string of the molecule is Cc1cc(OC(=O)c2ccc(O)cc2)ccc1[I+]c1ccc(C(C)(C)C)cc1. The zero-order chi connectivity index (χ0) is 20.3. The van der Waals surface area contributed by atoms with Crippen LogP contribution in [-0.4, -0.2) is 11.1 Å². The van der Waals surface area contributed by atoms with Crippen LogP contribution in [0.5, 0.6) is 11.5 Å². The summed E-state index contributed by atoms with van der Waals surface area (Å²) in [6.07, 6.45) is 0. The molecule has 3 nitrogen and oxygen atoms in total. The van der Waals surface area contributed by atoms with Gasteiger partial charge in [0.15, 0.2) is 7.14 Å². The van der Waals surface area contributed by atoms with Gasteiger partial charge in [0.2, 0.25) is 0 Å². The Morgan fingerprint density at radius 2 is 1.57 bits per heavy atom. The van der Waals surface area contributed by atoms with Gasteiger partial charge in [-0.15, -0.1) is 0 Å². The van der Waals surface area contributed by atoms with Crippen LogP contribution < -0.4 is 25.9 Å². The molecular weight excluding hydrogens is 463 g/mol. The number of aromatic hydroxyl groups is 1. The minimum Gasteiger partial charge on any atom is -0.508 e. The monoisotopic (exact) mass is 487 g/mol. The number of carbonyl (C=O) groups excluding carboxylic acids is 1. The molecule has 0 aromatic heterocycles. The summed E-state index contributed by atoms with van der Waals surface area (Å²) >= 11 is -0.293. The zero-order valence-corrected chi connectivity index (χ0v) is 18.7. The molecule has 0 amide bonds. The third kappa shape index (κ3) is 5.13. The van der Waals surface area contributed by atoms with E-state index in [2.05, 4.69) is 58.0 Å². The van der Waals surface area contributed by atoms with E-state index in [1.165, 1.54) is 24.8 Å². The fraction of sp³-hybridized carbons (Fsp3) is 0.208. The lowest BCUT2D eigenvalue weighted by Crippen LogP contribution is -3.61. The van der Waals surface area contributed by atoms with Crippen molar-refractivity contribution >= 4 is 5.97 Å². The van der Waals surface area contributed by atoms with Gasteiger partial charge in [0.1, 0.15) is 11.5 Å². The van der Waals surface area contributed by atoms with E-state index in [1.54, 1.807) is 12.1 Å². The van der Waals surface area contributed by atoms with Gasteiger partial charge in [0, 0.05) is 5.56 Å². The van der Waals surface area contributed by atoms with E-state index in [0.29, 0.717) is 11.3 Å². The molecule has 0 saturated carbocycles. The fourth-order valence-corrected chi connectivity index (χ4v) is 5.01. The van der Waals surface area contributed by atoms with Crippen LogP contribution >= 0.6 is 0 Å². The topological polar surface area (TPSA) is 46.5 Å². The van der Waals surface area contributed by atoms with Gasteiger partial charge in [-0.05, 0) is 72.5 Å². The maximum absolute atomic E-state index is 12.2. The van der Waals surface area contributed by atoms with Gasteiger partial charge in [-0.3, -0.25) is 0 Å². The highest BCUT2D eigenvalue weighted by atomic mass is 127. The summed E-state index contributed by atoms with van der Waals surface area (Å²) < 4.78 is 8.15. The van der Waals surface area contributed by atoms with Crippen LogP contribution in [0, 0.1) is 14.1 Å². The number of phenolic OH excluding ortho intramolecular Hbond substituents is 1. The molecule has 4 heteroatoms. The van der Waals surface area contributed by atoms with E-state index in [9.17, 15) is 9.90 Å². The van der Waals surface area contributed by atoms with Gasteiger partial charge in [-0.2, -0.15) is 0 Å². The normalized spacial score (nSPS) is 11.3. The average molecular weight is 487 g/mol. The number of halogens is 1. The summed E-state index contributed by atoms with van der Waals surface area (Å²) in [7, 11) is 0. The molecule has 0 spiro atoms. The Balaban J connectivity index is 1.70. The molecule has 0 aliphatic carbocycles. The van der Waals surface area contributed by atoms with Crippen molar-refractivity contribution in [2.45, 2.75) is 33.1 Å². The summed E-state index contributed by atoms with van der Waals surface area (Å²) in [6, 6.07) is 20.8. The lowest BCUT2D eigenvalue weighted by Gasteiger charge is -2.18. The maximum Gasteiger partial charge on any atom is 0.358 e. The van der Waals surface area contributed by atoms with Crippen LogP contribution in [0.3, 0.4) is 0 Å². The van der Waals surface area contributed by atoms with Gasteiger partial charge in [0.05, 0.1) is 5.56 Å². The van der Waals surface area contributed by atoms with E-state index in [4.69, 9.17) is 4.74 Å². The van der Waals surface area contributed by atoms with Crippen LogP contribution in [0.4, 0.5) is 0 Å². The van der Waals surface area contributed by atoms with Crippen LogP contribution in [0.15, 0.2) is 66.7 Å². The molecule has 0 aliphatic heterocycles. The van der Waals surface area contributed by atoms with Crippen molar-refractivity contribution in [2.24, 2.45) is 0 Å². The Morgan fingerprint density at radius 1 is 0.929 bits per heavy atom. The predicted octanol–water partition coefficient (Wildman–Crippen LogP) is 2.35. The number of carbonyl (C=O) groups is 1. The number of hydrogen-bond donors (Lipinski definition) is 1. The van der Waals surface area contributed by atoms with Crippen molar-refractivity contribution in [1.82, 2.24) is 0 Å². The van der Waals surface area contributed by atoms with E-state index in [-0.39, 0.29) is 32.4 Å². The first-order chi connectivity index (χ1) is 13.2. The van der Waals surface area contributed by atoms with Crippen molar-refractivity contribution < 1.29 is 35.8 Å². The van der Waals surface area contributed by atoms with Gasteiger partial charge in [0.25, 0.3) is 0 Å². The molecular formula is C24H24IO3+.